The van der Waals surface area contributed by atoms with Crippen LogP contribution in [0.3, 0.4) is 0 Å². The number of Topliss-reactive ketones (excluding diaryl/α,β-unsaturated/α-hetero) is 1. The van der Waals surface area contributed by atoms with Crippen LogP contribution in [0, 0.1) is 0 Å². The number of carbonyl (C=O) groups excluding carboxylic acids is 1. The summed E-state index contributed by atoms with van der Waals surface area (Å²) in [5.41, 5.74) is 2.25. The molecular formula is C19H19N3O4S. The van der Waals surface area contributed by atoms with E-state index in [2.05, 4.69) is 14.7 Å². The molecule has 27 heavy (non-hydrogen) atoms. The van der Waals surface area contributed by atoms with E-state index in [-0.39, 0.29) is 16.8 Å². The first-order valence-corrected chi connectivity index (χ1v) is 10.2. The van der Waals surface area contributed by atoms with Crippen molar-refractivity contribution in [3.63, 3.8) is 0 Å². The van der Waals surface area contributed by atoms with Gasteiger partial charge in [0, 0.05) is 12.2 Å². The second-order valence-electron chi connectivity index (χ2n) is 6.55. The van der Waals surface area contributed by atoms with E-state index in [9.17, 15) is 13.2 Å². The van der Waals surface area contributed by atoms with Crippen molar-refractivity contribution in [1.29, 1.82) is 0 Å². The average Bonchev–Trinajstić information content (AvgIpc) is 3.30. The summed E-state index contributed by atoms with van der Waals surface area (Å²) in [7, 11) is -3.81. The smallest absolute Gasteiger partial charge is 0.261 e. The van der Waals surface area contributed by atoms with E-state index in [4.69, 9.17) is 4.74 Å². The fourth-order valence-corrected chi connectivity index (χ4v) is 4.23. The predicted molar refractivity (Wildman–Crippen MR) is 101 cm³/mol. The van der Waals surface area contributed by atoms with Crippen molar-refractivity contribution < 1.29 is 17.9 Å². The molecular weight excluding hydrogens is 366 g/mol. The molecule has 2 heterocycles. The zero-order chi connectivity index (χ0) is 19.0. The lowest BCUT2D eigenvalue weighted by atomic mass is 10.2. The number of fused-ring (bicyclic) bond motifs is 1. The summed E-state index contributed by atoms with van der Waals surface area (Å²) >= 11 is 0. The topological polar surface area (TPSA) is 101 Å². The average molecular weight is 385 g/mol. The zero-order valence-electron chi connectivity index (χ0n) is 14.7. The van der Waals surface area contributed by atoms with Gasteiger partial charge in [-0.1, -0.05) is 12.1 Å². The van der Waals surface area contributed by atoms with Crippen molar-refractivity contribution in [1.82, 2.24) is 9.97 Å². The van der Waals surface area contributed by atoms with Gasteiger partial charge in [-0.2, -0.15) is 0 Å². The Morgan fingerprint density at radius 3 is 2.85 bits per heavy atom. The third-order valence-corrected chi connectivity index (χ3v) is 5.92. The Balaban J connectivity index is 1.62. The minimum absolute atomic E-state index is 0.0353. The Labute approximate surface area is 156 Å². The van der Waals surface area contributed by atoms with Crippen LogP contribution in [0.5, 0.6) is 0 Å². The highest BCUT2D eigenvalue weighted by atomic mass is 32.2. The predicted octanol–water partition coefficient (Wildman–Crippen LogP) is 3.42. The Hall–Kier alpha value is -2.71. The normalized spacial score (nSPS) is 17.3. The van der Waals surface area contributed by atoms with Gasteiger partial charge in [-0.15, -0.1) is 0 Å². The molecule has 7 nitrogen and oxygen atoms in total. The Kier molecular flexibility index (Phi) is 4.45. The number of H-pyrrole nitrogens is 1. The first kappa shape index (κ1) is 17.7. The van der Waals surface area contributed by atoms with E-state index >= 15 is 0 Å². The van der Waals surface area contributed by atoms with Crippen LogP contribution in [-0.4, -0.2) is 30.8 Å². The SMILES string of the molecule is CC(=O)c1cccc(S(=O)(=O)Nc2ccc3nc(C4CCCO4)[nH]c3c2)c1. The van der Waals surface area contributed by atoms with Crippen LogP contribution < -0.4 is 4.72 Å². The molecule has 2 aromatic carbocycles. The third-order valence-electron chi connectivity index (χ3n) is 4.54. The van der Waals surface area contributed by atoms with E-state index in [1.54, 1.807) is 30.3 Å². The van der Waals surface area contributed by atoms with Gasteiger partial charge in [0.15, 0.2) is 5.78 Å². The largest absolute Gasteiger partial charge is 0.370 e. The first-order chi connectivity index (χ1) is 12.9. The summed E-state index contributed by atoms with van der Waals surface area (Å²) in [4.78, 5) is 19.3. The highest BCUT2D eigenvalue weighted by Gasteiger charge is 2.21. The maximum Gasteiger partial charge on any atom is 0.261 e. The van der Waals surface area contributed by atoms with E-state index in [0.717, 1.165) is 36.3 Å². The standard InChI is InChI=1S/C19H19N3O4S/c1-12(23)13-4-2-5-15(10-13)27(24,25)22-14-7-8-16-17(11-14)21-19(20-16)18-6-3-9-26-18/h2,4-5,7-8,10-11,18,22H,3,6,9H2,1H3,(H,20,21). The van der Waals surface area contributed by atoms with Crippen LogP contribution in [0.4, 0.5) is 5.69 Å². The number of hydrogen-bond acceptors (Lipinski definition) is 5. The van der Waals surface area contributed by atoms with Crippen LogP contribution in [0.25, 0.3) is 11.0 Å². The molecule has 0 spiro atoms. The second-order valence-corrected chi connectivity index (χ2v) is 8.23. The number of imidazole rings is 1. The quantitative estimate of drug-likeness (QED) is 0.656. The van der Waals surface area contributed by atoms with Crippen LogP contribution in [-0.2, 0) is 14.8 Å². The Bertz CT molecular complexity index is 1110. The van der Waals surface area contributed by atoms with Gasteiger partial charge in [0.2, 0.25) is 0 Å². The number of anilines is 1. The maximum absolute atomic E-state index is 12.7. The molecule has 2 N–H and O–H groups in total. The van der Waals surface area contributed by atoms with E-state index in [1.807, 2.05) is 0 Å². The summed E-state index contributed by atoms with van der Waals surface area (Å²) in [6.07, 6.45) is 1.89. The molecule has 140 valence electrons. The van der Waals surface area contributed by atoms with Gasteiger partial charge in [0.1, 0.15) is 11.9 Å². The second kappa shape index (κ2) is 6.79. The number of carbonyl (C=O) groups is 1. The Morgan fingerprint density at radius 2 is 2.11 bits per heavy atom. The fraction of sp³-hybridized carbons (Fsp3) is 0.263. The van der Waals surface area contributed by atoms with Crippen molar-refractivity contribution in [2.24, 2.45) is 0 Å². The Morgan fingerprint density at radius 1 is 1.26 bits per heavy atom. The van der Waals surface area contributed by atoms with E-state index in [0.29, 0.717) is 11.3 Å². The number of aromatic amines is 1. The number of ether oxygens (including phenoxy) is 1. The summed E-state index contributed by atoms with van der Waals surface area (Å²) in [5.74, 6) is 0.573. The van der Waals surface area contributed by atoms with Crippen LogP contribution in [0.2, 0.25) is 0 Å². The molecule has 1 fully saturated rings. The molecule has 0 saturated carbocycles. The minimum atomic E-state index is -3.81. The summed E-state index contributed by atoms with van der Waals surface area (Å²) in [6.45, 7) is 2.13. The molecule has 1 atom stereocenters. The van der Waals surface area contributed by atoms with Crippen molar-refractivity contribution in [2.45, 2.75) is 30.8 Å². The molecule has 1 saturated heterocycles. The number of nitrogens with one attached hydrogen (secondary N) is 2. The van der Waals surface area contributed by atoms with Gasteiger partial charge < -0.3 is 9.72 Å². The highest BCUT2D eigenvalue weighted by Crippen LogP contribution is 2.29. The third kappa shape index (κ3) is 3.58. The number of aromatic nitrogens is 2. The monoisotopic (exact) mass is 385 g/mol. The van der Waals surface area contributed by atoms with E-state index in [1.165, 1.54) is 19.1 Å². The van der Waals surface area contributed by atoms with Gasteiger partial charge in [-0.3, -0.25) is 9.52 Å². The molecule has 0 radical (unpaired) electrons. The van der Waals surface area contributed by atoms with Crippen molar-refractivity contribution in [2.75, 3.05) is 11.3 Å². The van der Waals surface area contributed by atoms with E-state index < -0.39 is 10.0 Å². The molecule has 1 unspecified atom stereocenters. The summed E-state index contributed by atoms with van der Waals surface area (Å²) in [5, 5.41) is 0. The van der Waals surface area contributed by atoms with Crippen molar-refractivity contribution in [3.8, 4) is 0 Å². The molecule has 0 bridgehead atoms. The fourth-order valence-electron chi connectivity index (χ4n) is 3.13. The van der Waals surface area contributed by atoms with Crippen LogP contribution in [0.1, 0.15) is 42.1 Å². The lowest BCUT2D eigenvalue weighted by molar-refractivity contribution is 0.101. The number of nitrogens with zero attached hydrogens (tertiary/aromatic N) is 1. The summed E-state index contributed by atoms with van der Waals surface area (Å²) < 4.78 is 33.5. The summed E-state index contributed by atoms with van der Waals surface area (Å²) in [6, 6.07) is 11.1. The molecule has 3 aromatic rings. The molecule has 4 rings (SSSR count). The van der Waals surface area contributed by atoms with Gasteiger partial charge in [-0.05, 0) is 50.1 Å². The van der Waals surface area contributed by atoms with Crippen LogP contribution in [0.15, 0.2) is 47.4 Å². The number of rotatable bonds is 5. The molecule has 0 aliphatic carbocycles. The number of benzene rings is 2. The molecule has 0 amide bonds. The number of hydrogen-bond donors (Lipinski definition) is 2. The van der Waals surface area contributed by atoms with Gasteiger partial charge in [0.05, 0.1) is 21.6 Å². The minimum Gasteiger partial charge on any atom is -0.370 e. The van der Waals surface area contributed by atoms with Crippen LogP contribution >= 0.6 is 0 Å². The van der Waals surface area contributed by atoms with Gasteiger partial charge in [-0.25, -0.2) is 13.4 Å². The molecule has 8 heteroatoms. The molecule has 1 aliphatic heterocycles. The van der Waals surface area contributed by atoms with Gasteiger partial charge >= 0.3 is 0 Å². The van der Waals surface area contributed by atoms with Crippen molar-refractivity contribution in [3.05, 3.63) is 53.9 Å². The lowest BCUT2D eigenvalue weighted by Gasteiger charge is -2.09. The molecule has 1 aliphatic rings. The zero-order valence-corrected chi connectivity index (χ0v) is 15.5. The first-order valence-electron chi connectivity index (χ1n) is 8.67. The number of ketones is 1. The van der Waals surface area contributed by atoms with Gasteiger partial charge in [0.25, 0.3) is 10.0 Å². The maximum atomic E-state index is 12.7. The molecule has 1 aromatic heterocycles. The van der Waals surface area contributed by atoms with Crippen molar-refractivity contribution >= 4 is 32.5 Å². The number of sulfonamides is 1. The highest BCUT2D eigenvalue weighted by molar-refractivity contribution is 7.92. The lowest BCUT2D eigenvalue weighted by Crippen LogP contribution is -2.13.